The molecule has 2 amide bonds. The highest BCUT2D eigenvalue weighted by Gasteiger charge is 2.61. The number of carbonyl (C=O) groups is 2. The van der Waals surface area contributed by atoms with Gasteiger partial charge in [-0.2, -0.15) is 0 Å². The molecule has 3 aliphatic rings. The summed E-state index contributed by atoms with van der Waals surface area (Å²) in [5.41, 5.74) is 0.210. The highest BCUT2D eigenvalue weighted by Crippen LogP contribution is 2.64. The lowest BCUT2D eigenvalue weighted by Crippen LogP contribution is -2.53. The summed E-state index contributed by atoms with van der Waals surface area (Å²) in [6, 6.07) is 7.77. The summed E-state index contributed by atoms with van der Waals surface area (Å²) in [4.78, 5) is 25.5. The van der Waals surface area contributed by atoms with Crippen LogP contribution in [0.3, 0.4) is 0 Å². The van der Waals surface area contributed by atoms with Crippen molar-refractivity contribution in [2.45, 2.75) is 90.3 Å². The van der Waals surface area contributed by atoms with Gasteiger partial charge in [0, 0.05) is 24.9 Å². The van der Waals surface area contributed by atoms with E-state index in [0.717, 1.165) is 49.8 Å². The minimum Gasteiger partial charge on any atom is -0.497 e. The third-order valence-corrected chi connectivity index (χ3v) is 8.57. The molecule has 33 heavy (non-hydrogen) atoms. The van der Waals surface area contributed by atoms with Gasteiger partial charge in [0.2, 0.25) is 11.8 Å². The Hall–Kier alpha value is -2.08. The van der Waals surface area contributed by atoms with Crippen LogP contribution in [-0.4, -0.2) is 35.7 Å². The number of nitrogens with one attached hydrogen (secondary N) is 2. The normalized spacial score (nSPS) is 32.6. The van der Waals surface area contributed by atoms with Crippen LogP contribution in [0.25, 0.3) is 0 Å². The van der Waals surface area contributed by atoms with Crippen molar-refractivity contribution < 1.29 is 19.4 Å². The molecule has 3 N–H and O–H groups in total. The van der Waals surface area contributed by atoms with E-state index in [-0.39, 0.29) is 40.5 Å². The Balaban J connectivity index is 1.44. The maximum Gasteiger partial charge on any atom is 0.223 e. The number of carbonyl (C=O) groups excluding carboxylic acids is 2. The number of hydrogen-bond donors (Lipinski definition) is 3. The molecule has 4 atom stereocenters. The second-order valence-electron chi connectivity index (χ2n) is 11.6. The summed E-state index contributed by atoms with van der Waals surface area (Å²) >= 11 is 0. The second kappa shape index (κ2) is 8.94. The van der Waals surface area contributed by atoms with Gasteiger partial charge in [-0.05, 0) is 86.3 Å². The molecular weight excluding hydrogens is 416 g/mol. The zero-order valence-electron chi connectivity index (χ0n) is 20.6. The van der Waals surface area contributed by atoms with E-state index >= 15 is 0 Å². The van der Waals surface area contributed by atoms with Crippen LogP contribution in [0.2, 0.25) is 0 Å². The number of rotatable bonds is 8. The van der Waals surface area contributed by atoms with Gasteiger partial charge >= 0.3 is 0 Å². The van der Waals surface area contributed by atoms with Gasteiger partial charge in [0.15, 0.2) is 0 Å². The smallest absolute Gasteiger partial charge is 0.223 e. The van der Waals surface area contributed by atoms with Gasteiger partial charge in [-0.15, -0.1) is 0 Å². The van der Waals surface area contributed by atoms with Crippen LogP contribution in [-0.2, 0) is 16.1 Å². The molecule has 3 aliphatic carbocycles. The van der Waals surface area contributed by atoms with E-state index in [2.05, 4.69) is 24.5 Å². The Bertz CT molecular complexity index is 875. The Kier molecular flexibility index (Phi) is 6.51. The summed E-state index contributed by atoms with van der Waals surface area (Å²) in [5, 5.41) is 17.3. The van der Waals surface area contributed by atoms with Gasteiger partial charge in [0.05, 0.1) is 12.7 Å². The minimum absolute atomic E-state index is 0.00543. The predicted molar refractivity (Wildman–Crippen MR) is 128 cm³/mol. The highest BCUT2D eigenvalue weighted by atomic mass is 16.5. The van der Waals surface area contributed by atoms with E-state index in [4.69, 9.17) is 4.74 Å². The third kappa shape index (κ3) is 5.21. The van der Waals surface area contributed by atoms with E-state index in [0.29, 0.717) is 19.4 Å². The zero-order valence-corrected chi connectivity index (χ0v) is 20.6. The topological polar surface area (TPSA) is 87.7 Å². The van der Waals surface area contributed by atoms with Crippen molar-refractivity contribution in [3.05, 3.63) is 29.8 Å². The molecule has 0 spiro atoms. The van der Waals surface area contributed by atoms with Crippen molar-refractivity contribution in [2.24, 2.45) is 22.7 Å². The van der Waals surface area contributed by atoms with Gasteiger partial charge < -0.3 is 20.5 Å². The zero-order chi connectivity index (χ0) is 23.9. The predicted octanol–water partition coefficient (Wildman–Crippen LogP) is 3.95. The highest BCUT2D eigenvalue weighted by molar-refractivity contribution is 5.81. The minimum atomic E-state index is -0.683. The van der Waals surface area contributed by atoms with E-state index < -0.39 is 5.60 Å². The summed E-state index contributed by atoms with van der Waals surface area (Å²) in [6.45, 7) is 6.95. The molecule has 6 nitrogen and oxygen atoms in total. The van der Waals surface area contributed by atoms with Gasteiger partial charge in [-0.25, -0.2) is 0 Å². The lowest BCUT2D eigenvalue weighted by molar-refractivity contribution is -0.126. The van der Waals surface area contributed by atoms with Crippen LogP contribution < -0.4 is 15.4 Å². The average Bonchev–Trinajstić information content (AvgIpc) is 3.59. The van der Waals surface area contributed by atoms with E-state index in [1.165, 1.54) is 0 Å². The molecule has 182 valence electrons. The quantitative estimate of drug-likeness (QED) is 0.553. The summed E-state index contributed by atoms with van der Waals surface area (Å²) < 4.78 is 5.19. The van der Waals surface area contributed by atoms with Crippen LogP contribution >= 0.6 is 0 Å². The average molecular weight is 457 g/mol. The molecule has 0 saturated heterocycles. The first-order valence-corrected chi connectivity index (χ1v) is 12.5. The molecular formula is C27H40N2O4. The number of benzene rings is 1. The fraction of sp³-hybridized carbons (Fsp3) is 0.704. The van der Waals surface area contributed by atoms with Crippen LogP contribution in [0.5, 0.6) is 5.75 Å². The monoisotopic (exact) mass is 456 g/mol. The Labute approximate surface area is 197 Å². The molecule has 1 aromatic carbocycles. The third-order valence-electron chi connectivity index (χ3n) is 8.57. The Morgan fingerprint density at radius 2 is 1.79 bits per heavy atom. The van der Waals surface area contributed by atoms with Crippen molar-refractivity contribution in [1.82, 2.24) is 10.6 Å². The van der Waals surface area contributed by atoms with Crippen LogP contribution in [0, 0.1) is 22.7 Å². The van der Waals surface area contributed by atoms with E-state index in [9.17, 15) is 14.7 Å². The standard InChI is InChI=1S/C27H40N2O4/c1-25(2)16-22(29-24(31)19-7-8-19)27(14-13-26(3,32)15-21(25)27)12-11-23(30)28-17-18-5-9-20(33-4)10-6-18/h5-6,9-10,19,21-22,32H,7-8,11-17H2,1-4H3,(H,28,30)(H,29,31)/t21-,22-,26+,27+/m0/s1. The molecule has 0 aliphatic heterocycles. The number of aliphatic hydroxyl groups is 1. The summed E-state index contributed by atoms with van der Waals surface area (Å²) in [5.74, 6) is 1.45. The number of amides is 2. The molecule has 0 heterocycles. The lowest BCUT2D eigenvalue weighted by Gasteiger charge is -2.50. The van der Waals surface area contributed by atoms with Gasteiger partial charge in [-0.1, -0.05) is 26.0 Å². The molecule has 0 unspecified atom stereocenters. The molecule has 4 rings (SSSR count). The molecule has 0 bridgehead atoms. The SMILES string of the molecule is COc1ccc(CNC(=O)CC[C@@]23CC[C@@](C)(O)C[C@H]2C(C)(C)C[C@@H]3NC(=O)C2CC2)cc1. The Morgan fingerprint density at radius 3 is 2.42 bits per heavy atom. The summed E-state index contributed by atoms with van der Waals surface area (Å²) in [7, 11) is 1.64. The van der Waals surface area contributed by atoms with Crippen LogP contribution in [0.15, 0.2) is 24.3 Å². The van der Waals surface area contributed by atoms with E-state index in [1.807, 2.05) is 31.2 Å². The molecule has 0 radical (unpaired) electrons. The van der Waals surface area contributed by atoms with Gasteiger partial charge in [0.25, 0.3) is 0 Å². The first kappa shape index (κ1) is 24.1. The molecule has 0 aromatic heterocycles. The number of fused-ring (bicyclic) bond motifs is 1. The molecule has 3 saturated carbocycles. The Morgan fingerprint density at radius 1 is 1.09 bits per heavy atom. The van der Waals surface area contributed by atoms with Crippen molar-refractivity contribution in [3.8, 4) is 5.75 Å². The molecule has 3 fully saturated rings. The van der Waals surface area contributed by atoms with Crippen molar-refractivity contribution in [1.29, 1.82) is 0 Å². The van der Waals surface area contributed by atoms with Gasteiger partial charge in [-0.3, -0.25) is 9.59 Å². The first-order chi connectivity index (χ1) is 15.5. The fourth-order valence-electron chi connectivity index (χ4n) is 6.45. The summed E-state index contributed by atoms with van der Waals surface area (Å²) in [6.07, 6.45) is 6.32. The lowest BCUT2D eigenvalue weighted by atomic mass is 9.57. The number of methoxy groups -OCH3 is 1. The second-order valence-corrected chi connectivity index (χ2v) is 11.6. The van der Waals surface area contributed by atoms with Crippen molar-refractivity contribution >= 4 is 11.8 Å². The largest absolute Gasteiger partial charge is 0.497 e. The maximum atomic E-state index is 12.8. The van der Waals surface area contributed by atoms with E-state index in [1.54, 1.807) is 7.11 Å². The van der Waals surface area contributed by atoms with Crippen molar-refractivity contribution in [3.63, 3.8) is 0 Å². The number of ether oxygens (including phenoxy) is 1. The van der Waals surface area contributed by atoms with Gasteiger partial charge in [0.1, 0.15) is 5.75 Å². The number of hydrogen-bond acceptors (Lipinski definition) is 4. The molecule has 6 heteroatoms. The van der Waals surface area contributed by atoms with Crippen molar-refractivity contribution in [2.75, 3.05) is 7.11 Å². The molecule has 1 aromatic rings. The first-order valence-electron chi connectivity index (χ1n) is 12.5. The van der Waals surface area contributed by atoms with Crippen LogP contribution in [0.1, 0.15) is 77.7 Å². The maximum absolute atomic E-state index is 12.8. The fourth-order valence-corrected chi connectivity index (χ4v) is 6.45. The van der Waals surface area contributed by atoms with Crippen LogP contribution in [0.4, 0.5) is 0 Å².